The van der Waals surface area contributed by atoms with Crippen molar-refractivity contribution in [3.8, 4) is 0 Å². The van der Waals surface area contributed by atoms with Gasteiger partial charge in [0.1, 0.15) is 0 Å². The molecule has 5 N–H and O–H groups in total. The van der Waals surface area contributed by atoms with Crippen LogP contribution in [0.2, 0.25) is 0 Å². The van der Waals surface area contributed by atoms with Gasteiger partial charge in [0.25, 0.3) is 0 Å². The van der Waals surface area contributed by atoms with Gasteiger partial charge in [-0.2, -0.15) is 5.10 Å². The van der Waals surface area contributed by atoms with Crippen LogP contribution in [-0.4, -0.2) is 31.2 Å². The zero-order valence-electron chi connectivity index (χ0n) is 11.0. The monoisotopic (exact) mass is 309 g/mol. The number of urea groups is 1. The fraction of sp³-hybridized carbons (Fsp3) is 0.167. The molecule has 0 aliphatic heterocycles. The molecule has 21 heavy (non-hydrogen) atoms. The molecule has 112 valence electrons. The topological polar surface area (TPSA) is 130 Å². The van der Waals surface area contributed by atoms with E-state index in [0.717, 1.165) is 5.56 Å². The van der Waals surface area contributed by atoms with E-state index < -0.39 is 10.0 Å². The average Bonchev–Trinajstić information content (AvgIpc) is 2.91. The SMILES string of the molecule is NS(=O)(=O)c1ccc(CCNC(=O)Nc2cn[nH]c2)cc1. The second-order valence-corrected chi connectivity index (χ2v) is 5.87. The molecular weight excluding hydrogens is 294 g/mol. The molecule has 0 saturated carbocycles. The summed E-state index contributed by atoms with van der Waals surface area (Å²) in [6.07, 6.45) is 3.63. The van der Waals surface area contributed by atoms with Crippen LogP contribution in [0.4, 0.5) is 10.5 Å². The molecule has 0 radical (unpaired) electrons. The number of hydrogen-bond acceptors (Lipinski definition) is 4. The smallest absolute Gasteiger partial charge is 0.319 e. The molecule has 1 aromatic heterocycles. The summed E-state index contributed by atoms with van der Waals surface area (Å²) >= 11 is 0. The minimum atomic E-state index is -3.67. The number of rotatable bonds is 5. The standard InChI is InChI=1S/C12H15N5O3S/c13-21(19,20)11-3-1-9(2-4-11)5-6-14-12(18)17-10-7-15-16-8-10/h1-4,7-8H,5-6H2,(H,15,16)(H2,13,19,20)(H2,14,17,18). The first-order valence-electron chi connectivity index (χ1n) is 6.10. The highest BCUT2D eigenvalue weighted by molar-refractivity contribution is 7.89. The van der Waals surface area contributed by atoms with Crippen molar-refractivity contribution in [2.24, 2.45) is 5.14 Å². The number of nitrogens with two attached hydrogens (primary N) is 1. The third kappa shape index (κ3) is 4.58. The van der Waals surface area contributed by atoms with Crippen LogP contribution in [0.1, 0.15) is 5.56 Å². The summed E-state index contributed by atoms with van der Waals surface area (Å²) in [7, 11) is -3.67. The molecule has 0 aliphatic rings. The van der Waals surface area contributed by atoms with Gasteiger partial charge in [-0.1, -0.05) is 12.1 Å². The summed E-state index contributed by atoms with van der Waals surface area (Å²) in [5.74, 6) is 0. The van der Waals surface area contributed by atoms with E-state index in [2.05, 4.69) is 20.8 Å². The Balaban J connectivity index is 1.79. The molecule has 0 aliphatic carbocycles. The Labute approximate surface area is 121 Å². The minimum Gasteiger partial charge on any atom is -0.338 e. The van der Waals surface area contributed by atoms with Crippen LogP contribution in [0.15, 0.2) is 41.6 Å². The number of anilines is 1. The Morgan fingerprint density at radius 3 is 2.57 bits per heavy atom. The second kappa shape index (κ2) is 6.37. The molecular formula is C12H15N5O3S. The van der Waals surface area contributed by atoms with Gasteiger partial charge in [0, 0.05) is 12.7 Å². The lowest BCUT2D eigenvalue weighted by atomic mass is 10.1. The van der Waals surface area contributed by atoms with Gasteiger partial charge < -0.3 is 10.6 Å². The van der Waals surface area contributed by atoms with Crippen molar-refractivity contribution in [2.45, 2.75) is 11.3 Å². The van der Waals surface area contributed by atoms with Crippen molar-refractivity contribution in [3.05, 3.63) is 42.2 Å². The number of H-pyrrole nitrogens is 1. The van der Waals surface area contributed by atoms with Crippen LogP contribution in [-0.2, 0) is 16.4 Å². The van der Waals surface area contributed by atoms with Crippen molar-refractivity contribution in [1.82, 2.24) is 15.5 Å². The van der Waals surface area contributed by atoms with Gasteiger partial charge >= 0.3 is 6.03 Å². The molecule has 9 heteroatoms. The first-order valence-corrected chi connectivity index (χ1v) is 7.65. The Bertz CT molecular complexity index is 695. The number of hydrogen-bond donors (Lipinski definition) is 4. The van der Waals surface area contributed by atoms with Crippen LogP contribution in [0.5, 0.6) is 0 Å². The molecule has 1 aromatic carbocycles. The van der Waals surface area contributed by atoms with Gasteiger partial charge in [-0.3, -0.25) is 5.10 Å². The van der Waals surface area contributed by atoms with Crippen LogP contribution in [0.25, 0.3) is 0 Å². The molecule has 0 unspecified atom stereocenters. The zero-order chi connectivity index (χ0) is 15.3. The van der Waals surface area contributed by atoms with E-state index in [1.807, 2.05) is 0 Å². The normalized spacial score (nSPS) is 11.1. The summed E-state index contributed by atoms with van der Waals surface area (Å²) in [5.41, 5.74) is 1.47. The number of carbonyl (C=O) groups is 1. The number of carbonyl (C=O) groups excluding carboxylic acids is 1. The van der Waals surface area contributed by atoms with Crippen molar-refractivity contribution < 1.29 is 13.2 Å². The number of benzene rings is 1. The fourth-order valence-corrected chi connectivity index (χ4v) is 2.18. The maximum absolute atomic E-state index is 11.5. The molecule has 0 saturated heterocycles. The quantitative estimate of drug-likeness (QED) is 0.637. The number of nitrogens with one attached hydrogen (secondary N) is 3. The van der Waals surface area contributed by atoms with Crippen molar-refractivity contribution in [1.29, 1.82) is 0 Å². The van der Waals surface area contributed by atoms with E-state index in [1.165, 1.54) is 18.3 Å². The summed E-state index contributed by atoms with van der Waals surface area (Å²) in [6.45, 7) is 0.415. The molecule has 0 bridgehead atoms. The first-order chi connectivity index (χ1) is 9.95. The van der Waals surface area contributed by atoms with E-state index in [-0.39, 0.29) is 10.9 Å². The van der Waals surface area contributed by atoms with E-state index in [4.69, 9.17) is 5.14 Å². The van der Waals surface area contributed by atoms with E-state index in [1.54, 1.807) is 18.3 Å². The van der Waals surface area contributed by atoms with E-state index in [9.17, 15) is 13.2 Å². The highest BCUT2D eigenvalue weighted by atomic mass is 32.2. The summed E-state index contributed by atoms with van der Waals surface area (Å²) < 4.78 is 22.2. The van der Waals surface area contributed by atoms with Gasteiger partial charge in [-0.25, -0.2) is 18.4 Å². The maximum atomic E-state index is 11.5. The van der Waals surface area contributed by atoms with Crippen LogP contribution >= 0.6 is 0 Å². The molecule has 8 nitrogen and oxygen atoms in total. The molecule has 2 rings (SSSR count). The van der Waals surface area contributed by atoms with Crippen LogP contribution in [0, 0.1) is 0 Å². The second-order valence-electron chi connectivity index (χ2n) is 4.31. The first kappa shape index (κ1) is 15.0. The number of nitrogens with zero attached hydrogens (tertiary/aromatic N) is 1. The predicted molar refractivity (Wildman–Crippen MR) is 77.1 cm³/mol. The lowest BCUT2D eigenvalue weighted by Crippen LogP contribution is -2.30. The Morgan fingerprint density at radius 1 is 1.29 bits per heavy atom. The van der Waals surface area contributed by atoms with Gasteiger partial charge in [0.2, 0.25) is 10.0 Å². The lowest BCUT2D eigenvalue weighted by molar-refractivity contribution is 0.252. The third-order valence-electron chi connectivity index (χ3n) is 2.71. The van der Waals surface area contributed by atoms with Gasteiger partial charge in [-0.05, 0) is 24.1 Å². The largest absolute Gasteiger partial charge is 0.338 e. The van der Waals surface area contributed by atoms with Crippen molar-refractivity contribution in [3.63, 3.8) is 0 Å². The number of amides is 2. The predicted octanol–water partition coefficient (Wildman–Crippen LogP) is 0.421. The van der Waals surface area contributed by atoms with Crippen LogP contribution < -0.4 is 15.8 Å². The lowest BCUT2D eigenvalue weighted by Gasteiger charge is -2.06. The van der Waals surface area contributed by atoms with Crippen molar-refractivity contribution >= 4 is 21.7 Å². The van der Waals surface area contributed by atoms with E-state index >= 15 is 0 Å². The molecule has 0 fully saturated rings. The molecule has 0 atom stereocenters. The molecule has 2 aromatic rings. The highest BCUT2D eigenvalue weighted by Crippen LogP contribution is 2.09. The Hall–Kier alpha value is -2.39. The molecule has 2 amide bonds. The number of aromatic nitrogens is 2. The van der Waals surface area contributed by atoms with E-state index in [0.29, 0.717) is 18.7 Å². The van der Waals surface area contributed by atoms with Gasteiger partial charge in [0.05, 0.1) is 16.8 Å². The number of primary sulfonamides is 1. The van der Waals surface area contributed by atoms with Gasteiger partial charge in [0.15, 0.2) is 0 Å². The number of aromatic amines is 1. The fourth-order valence-electron chi connectivity index (χ4n) is 1.66. The molecule has 1 heterocycles. The summed E-state index contributed by atoms with van der Waals surface area (Å²) in [4.78, 5) is 11.6. The Kier molecular flexibility index (Phi) is 4.55. The van der Waals surface area contributed by atoms with Crippen molar-refractivity contribution in [2.75, 3.05) is 11.9 Å². The highest BCUT2D eigenvalue weighted by Gasteiger charge is 2.07. The zero-order valence-corrected chi connectivity index (χ0v) is 11.9. The van der Waals surface area contributed by atoms with Gasteiger partial charge in [-0.15, -0.1) is 0 Å². The average molecular weight is 309 g/mol. The third-order valence-corrected chi connectivity index (χ3v) is 3.64. The minimum absolute atomic E-state index is 0.0666. The Morgan fingerprint density at radius 2 is 2.00 bits per heavy atom. The van der Waals surface area contributed by atoms with Crippen LogP contribution in [0.3, 0.4) is 0 Å². The summed E-state index contributed by atoms with van der Waals surface area (Å²) in [5, 5.41) is 16.6. The maximum Gasteiger partial charge on any atom is 0.319 e. The number of sulfonamides is 1. The summed E-state index contributed by atoms with van der Waals surface area (Å²) in [6, 6.07) is 5.87. The molecule has 0 spiro atoms.